The normalized spacial score (nSPS) is 13.5. The smallest absolute Gasteiger partial charge is 0.267 e. The molecular formula is C7H16O3S. The highest BCUT2D eigenvalue weighted by atomic mass is 32.2. The first kappa shape index (κ1) is 10.9. The minimum absolute atomic E-state index is 0.0447. The minimum atomic E-state index is -3.25. The van der Waals surface area contributed by atoms with E-state index < -0.39 is 10.1 Å². The molecule has 0 aromatic heterocycles. The summed E-state index contributed by atoms with van der Waals surface area (Å²) in [6.07, 6.45) is 0. The molecule has 0 amide bonds. The summed E-state index contributed by atoms with van der Waals surface area (Å²) in [5.74, 6) is 0.0447. The summed E-state index contributed by atoms with van der Waals surface area (Å²) in [6, 6.07) is 0. The van der Waals surface area contributed by atoms with E-state index in [9.17, 15) is 8.42 Å². The van der Waals surface area contributed by atoms with E-state index in [1.807, 2.05) is 20.8 Å². The zero-order valence-electron chi connectivity index (χ0n) is 7.55. The fourth-order valence-corrected chi connectivity index (χ4v) is 1.05. The zero-order chi connectivity index (χ0) is 9.12. The third kappa shape index (κ3) is 6.31. The van der Waals surface area contributed by atoms with Crippen molar-refractivity contribution in [3.8, 4) is 0 Å². The summed E-state index contributed by atoms with van der Waals surface area (Å²) in [5.41, 5.74) is -0.0950. The third-order valence-electron chi connectivity index (χ3n) is 1.03. The van der Waals surface area contributed by atoms with E-state index in [1.165, 1.54) is 0 Å². The maximum Gasteiger partial charge on any atom is 0.267 e. The van der Waals surface area contributed by atoms with Crippen LogP contribution in [-0.2, 0) is 14.3 Å². The molecular weight excluding hydrogens is 164 g/mol. The Hall–Kier alpha value is -0.0900. The number of hydrogen-bond donors (Lipinski definition) is 0. The second-order valence-corrected chi connectivity index (χ2v) is 5.60. The lowest BCUT2D eigenvalue weighted by atomic mass is 9.99. The molecule has 0 spiro atoms. The van der Waals surface area contributed by atoms with Gasteiger partial charge < -0.3 is 0 Å². The van der Waals surface area contributed by atoms with Crippen LogP contribution in [0.2, 0.25) is 0 Å². The van der Waals surface area contributed by atoms with Crippen LogP contribution in [0, 0.1) is 5.41 Å². The van der Waals surface area contributed by atoms with E-state index in [2.05, 4.69) is 0 Å². The molecule has 0 N–H and O–H groups in total. The summed E-state index contributed by atoms with van der Waals surface area (Å²) in [7, 11) is -3.25. The lowest BCUT2D eigenvalue weighted by Gasteiger charge is -2.16. The largest absolute Gasteiger partial charge is 0.270 e. The SMILES string of the molecule is CCS(=O)(=O)OCC(C)(C)C. The average Bonchev–Trinajstić information content (AvgIpc) is 1.83. The maximum absolute atomic E-state index is 10.8. The number of hydrogen-bond acceptors (Lipinski definition) is 3. The van der Waals surface area contributed by atoms with Crippen molar-refractivity contribution in [2.45, 2.75) is 27.7 Å². The van der Waals surface area contributed by atoms with Gasteiger partial charge >= 0.3 is 0 Å². The maximum atomic E-state index is 10.8. The highest BCUT2D eigenvalue weighted by Crippen LogP contribution is 2.14. The van der Waals surface area contributed by atoms with Crippen molar-refractivity contribution < 1.29 is 12.6 Å². The molecule has 0 saturated heterocycles. The predicted molar refractivity (Wildman–Crippen MR) is 44.9 cm³/mol. The zero-order valence-corrected chi connectivity index (χ0v) is 8.36. The fraction of sp³-hybridized carbons (Fsp3) is 1.00. The fourth-order valence-electron chi connectivity index (χ4n) is 0.350. The first-order valence-corrected chi connectivity index (χ1v) is 5.22. The van der Waals surface area contributed by atoms with Crippen LogP contribution in [-0.4, -0.2) is 20.8 Å². The molecule has 0 aliphatic carbocycles. The van der Waals surface area contributed by atoms with Crippen LogP contribution in [0.15, 0.2) is 0 Å². The molecule has 0 aliphatic rings. The van der Waals surface area contributed by atoms with Crippen molar-refractivity contribution in [3.05, 3.63) is 0 Å². The Balaban J connectivity index is 3.91. The van der Waals surface area contributed by atoms with Crippen LogP contribution in [0.5, 0.6) is 0 Å². The Kier molecular flexibility index (Phi) is 3.51. The molecule has 0 radical (unpaired) electrons. The monoisotopic (exact) mass is 180 g/mol. The van der Waals surface area contributed by atoms with E-state index in [0.29, 0.717) is 0 Å². The molecule has 0 saturated carbocycles. The summed E-state index contributed by atoms with van der Waals surface area (Å²) in [5, 5.41) is 0. The van der Waals surface area contributed by atoms with Crippen LogP contribution in [0.4, 0.5) is 0 Å². The molecule has 0 heterocycles. The quantitative estimate of drug-likeness (QED) is 0.616. The van der Waals surface area contributed by atoms with E-state index >= 15 is 0 Å². The molecule has 0 aromatic rings. The van der Waals surface area contributed by atoms with Gasteiger partial charge in [0.1, 0.15) is 0 Å². The van der Waals surface area contributed by atoms with Crippen LogP contribution < -0.4 is 0 Å². The topological polar surface area (TPSA) is 43.4 Å². The van der Waals surface area contributed by atoms with E-state index in [0.717, 1.165) is 0 Å². The van der Waals surface area contributed by atoms with Crippen molar-refractivity contribution in [1.29, 1.82) is 0 Å². The van der Waals surface area contributed by atoms with E-state index in [-0.39, 0.29) is 17.8 Å². The number of rotatable bonds is 3. The second kappa shape index (κ2) is 3.54. The molecule has 0 atom stereocenters. The van der Waals surface area contributed by atoms with Gasteiger partial charge in [0.25, 0.3) is 10.1 Å². The van der Waals surface area contributed by atoms with Gasteiger partial charge in [0, 0.05) is 0 Å². The van der Waals surface area contributed by atoms with Gasteiger partial charge in [-0.2, -0.15) is 8.42 Å². The first-order valence-electron chi connectivity index (χ1n) is 3.64. The van der Waals surface area contributed by atoms with Crippen LogP contribution in [0.1, 0.15) is 27.7 Å². The summed E-state index contributed by atoms with van der Waals surface area (Å²) < 4.78 is 26.4. The first-order chi connectivity index (χ1) is 4.77. The highest BCUT2D eigenvalue weighted by Gasteiger charge is 2.15. The van der Waals surface area contributed by atoms with Gasteiger partial charge in [-0.3, -0.25) is 4.18 Å². The van der Waals surface area contributed by atoms with Crippen molar-refractivity contribution in [3.63, 3.8) is 0 Å². The van der Waals surface area contributed by atoms with Gasteiger partial charge in [-0.1, -0.05) is 20.8 Å². The van der Waals surface area contributed by atoms with Crippen LogP contribution in [0.25, 0.3) is 0 Å². The molecule has 0 aliphatic heterocycles. The summed E-state index contributed by atoms with van der Waals surface area (Å²) in [6.45, 7) is 7.61. The van der Waals surface area contributed by atoms with Crippen LogP contribution in [0.3, 0.4) is 0 Å². The van der Waals surface area contributed by atoms with Gasteiger partial charge in [-0.25, -0.2) is 0 Å². The Bertz CT molecular complexity index is 198. The van der Waals surface area contributed by atoms with Crippen molar-refractivity contribution >= 4 is 10.1 Å². The summed E-state index contributed by atoms with van der Waals surface area (Å²) in [4.78, 5) is 0. The van der Waals surface area contributed by atoms with Crippen molar-refractivity contribution in [2.75, 3.05) is 12.4 Å². The van der Waals surface area contributed by atoms with Gasteiger partial charge in [-0.05, 0) is 12.3 Å². The molecule has 4 heteroatoms. The third-order valence-corrected chi connectivity index (χ3v) is 2.21. The molecule has 68 valence electrons. The average molecular weight is 180 g/mol. The Morgan fingerprint density at radius 1 is 1.27 bits per heavy atom. The van der Waals surface area contributed by atoms with Gasteiger partial charge in [0.15, 0.2) is 0 Å². The molecule has 0 aromatic carbocycles. The predicted octanol–water partition coefficient (Wildman–Crippen LogP) is 1.40. The molecule has 0 rings (SSSR count). The standard InChI is InChI=1S/C7H16O3S/c1-5-11(8,9)10-6-7(2,3)4/h5-6H2,1-4H3. The van der Waals surface area contributed by atoms with Gasteiger partial charge in [0.2, 0.25) is 0 Å². The molecule has 11 heavy (non-hydrogen) atoms. The van der Waals surface area contributed by atoms with E-state index in [4.69, 9.17) is 4.18 Å². The summed E-state index contributed by atoms with van der Waals surface area (Å²) >= 11 is 0. The van der Waals surface area contributed by atoms with Gasteiger partial charge in [-0.15, -0.1) is 0 Å². The van der Waals surface area contributed by atoms with E-state index in [1.54, 1.807) is 6.92 Å². The highest BCUT2D eigenvalue weighted by molar-refractivity contribution is 7.86. The van der Waals surface area contributed by atoms with Gasteiger partial charge in [0.05, 0.1) is 12.4 Å². The van der Waals surface area contributed by atoms with Crippen LogP contribution >= 0.6 is 0 Å². The Morgan fingerprint density at radius 2 is 1.73 bits per heavy atom. The Labute approximate surface area is 68.9 Å². The lowest BCUT2D eigenvalue weighted by Crippen LogP contribution is -2.19. The second-order valence-electron chi connectivity index (χ2n) is 3.67. The minimum Gasteiger partial charge on any atom is -0.270 e. The molecule has 3 nitrogen and oxygen atoms in total. The molecule has 0 bridgehead atoms. The Morgan fingerprint density at radius 3 is 2.00 bits per heavy atom. The van der Waals surface area contributed by atoms with Crippen molar-refractivity contribution in [1.82, 2.24) is 0 Å². The molecule has 0 unspecified atom stereocenters. The van der Waals surface area contributed by atoms with Crippen molar-refractivity contribution in [2.24, 2.45) is 5.41 Å². The lowest BCUT2D eigenvalue weighted by molar-refractivity contribution is 0.204. The molecule has 0 fully saturated rings.